The second-order valence-electron chi connectivity index (χ2n) is 2.55. The van der Waals surface area contributed by atoms with Crippen LogP contribution in [0.25, 0.3) is 10.9 Å². The van der Waals surface area contributed by atoms with E-state index in [0.717, 1.165) is 15.4 Å². The predicted octanol–water partition coefficient (Wildman–Crippen LogP) is 2.58. The SMILES string of the molecule is Nc1nc2ccccc2cc1Br. The molecule has 2 N–H and O–H groups in total. The molecule has 0 aliphatic rings. The van der Waals surface area contributed by atoms with E-state index in [1.54, 1.807) is 0 Å². The third-order valence-corrected chi connectivity index (χ3v) is 2.34. The number of halogens is 1. The first-order valence-corrected chi connectivity index (χ1v) is 4.37. The molecule has 0 atom stereocenters. The molecule has 2 nitrogen and oxygen atoms in total. The summed E-state index contributed by atoms with van der Waals surface area (Å²) in [6.45, 7) is 0. The average Bonchev–Trinajstić information content (AvgIpc) is 2.07. The number of hydrogen-bond acceptors (Lipinski definition) is 2. The largest absolute Gasteiger partial charge is 0.383 e. The molecular formula is C9H7BrN2. The Kier molecular flexibility index (Phi) is 1.73. The Morgan fingerprint density at radius 2 is 2.00 bits per heavy atom. The van der Waals surface area contributed by atoms with Gasteiger partial charge in [0.25, 0.3) is 0 Å². The van der Waals surface area contributed by atoms with Gasteiger partial charge in [0.2, 0.25) is 0 Å². The van der Waals surface area contributed by atoms with Crippen molar-refractivity contribution in [3.8, 4) is 0 Å². The highest BCUT2D eigenvalue weighted by Crippen LogP contribution is 2.22. The van der Waals surface area contributed by atoms with Crippen LogP contribution in [-0.4, -0.2) is 4.98 Å². The summed E-state index contributed by atoms with van der Waals surface area (Å²) in [6, 6.07) is 9.84. The summed E-state index contributed by atoms with van der Waals surface area (Å²) in [5.74, 6) is 0.536. The van der Waals surface area contributed by atoms with E-state index in [4.69, 9.17) is 5.73 Å². The van der Waals surface area contributed by atoms with Crippen molar-refractivity contribution in [1.82, 2.24) is 4.98 Å². The van der Waals surface area contributed by atoms with Gasteiger partial charge in [0, 0.05) is 5.39 Å². The lowest BCUT2D eigenvalue weighted by molar-refractivity contribution is 1.39. The molecule has 12 heavy (non-hydrogen) atoms. The van der Waals surface area contributed by atoms with Gasteiger partial charge in [-0.15, -0.1) is 0 Å². The first-order valence-electron chi connectivity index (χ1n) is 3.58. The summed E-state index contributed by atoms with van der Waals surface area (Å²) >= 11 is 3.33. The maximum absolute atomic E-state index is 5.63. The van der Waals surface area contributed by atoms with Gasteiger partial charge in [-0.05, 0) is 28.1 Å². The van der Waals surface area contributed by atoms with Gasteiger partial charge in [0.1, 0.15) is 5.82 Å². The lowest BCUT2D eigenvalue weighted by atomic mass is 10.2. The van der Waals surface area contributed by atoms with Crippen LogP contribution in [0.2, 0.25) is 0 Å². The molecule has 60 valence electrons. The molecular weight excluding hydrogens is 216 g/mol. The number of rotatable bonds is 0. The Morgan fingerprint density at radius 3 is 2.83 bits per heavy atom. The standard InChI is InChI=1S/C9H7BrN2/c10-7-5-6-3-1-2-4-8(6)12-9(7)11/h1-5H,(H2,11,12). The number of nitrogens with two attached hydrogens (primary N) is 1. The number of fused-ring (bicyclic) bond motifs is 1. The van der Waals surface area contributed by atoms with Crippen LogP contribution in [0.15, 0.2) is 34.8 Å². The number of para-hydroxylation sites is 1. The second-order valence-corrected chi connectivity index (χ2v) is 3.40. The highest BCUT2D eigenvalue weighted by Gasteiger charge is 1.98. The van der Waals surface area contributed by atoms with Crippen molar-refractivity contribution in [3.05, 3.63) is 34.8 Å². The van der Waals surface area contributed by atoms with E-state index < -0.39 is 0 Å². The zero-order valence-electron chi connectivity index (χ0n) is 6.29. The molecule has 1 aromatic carbocycles. The van der Waals surface area contributed by atoms with E-state index in [0.29, 0.717) is 5.82 Å². The number of nitrogen functional groups attached to an aromatic ring is 1. The van der Waals surface area contributed by atoms with Crippen LogP contribution in [-0.2, 0) is 0 Å². The second kappa shape index (κ2) is 2.75. The Balaban J connectivity index is 2.84. The van der Waals surface area contributed by atoms with Gasteiger partial charge in [-0.25, -0.2) is 4.98 Å². The molecule has 0 unspecified atom stereocenters. The van der Waals surface area contributed by atoms with Crippen molar-refractivity contribution in [1.29, 1.82) is 0 Å². The zero-order valence-corrected chi connectivity index (χ0v) is 7.88. The highest BCUT2D eigenvalue weighted by atomic mass is 79.9. The molecule has 0 radical (unpaired) electrons. The third-order valence-electron chi connectivity index (χ3n) is 1.70. The number of benzene rings is 1. The minimum absolute atomic E-state index is 0.536. The van der Waals surface area contributed by atoms with Crippen LogP contribution in [0.1, 0.15) is 0 Å². The van der Waals surface area contributed by atoms with E-state index in [-0.39, 0.29) is 0 Å². The minimum atomic E-state index is 0.536. The summed E-state index contributed by atoms with van der Waals surface area (Å²) < 4.78 is 0.848. The Bertz CT molecular complexity index is 385. The molecule has 1 aromatic heterocycles. The molecule has 1 heterocycles. The van der Waals surface area contributed by atoms with Gasteiger partial charge in [0.15, 0.2) is 0 Å². The van der Waals surface area contributed by atoms with E-state index in [1.807, 2.05) is 30.3 Å². The van der Waals surface area contributed by atoms with Crippen LogP contribution >= 0.6 is 15.9 Å². The summed E-state index contributed by atoms with van der Waals surface area (Å²) in [5.41, 5.74) is 6.56. The summed E-state index contributed by atoms with van der Waals surface area (Å²) in [4.78, 5) is 4.21. The Morgan fingerprint density at radius 1 is 1.25 bits per heavy atom. The maximum atomic E-state index is 5.63. The number of anilines is 1. The first-order chi connectivity index (χ1) is 5.77. The summed E-state index contributed by atoms with van der Waals surface area (Å²) in [7, 11) is 0. The lowest BCUT2D eigenvalue weighted by Crippen LogP contribution is -1.91. The van der Waals surface area contributed by atoms with Crippen molar-refractivity contribution < 1.29 is 0 Å². The van der Waals surface area contributed by atoms with E-state index in [1.165, 1.54) is 0 Å². The molecule has 3 heteroatoms. The molecule has 2 aromatic rings. The molecule has 0 bridgehead atoms. The van der Waals surface area contributed by atoms with Crippen molar-refractivity contribution in [2.24, 2.45) is 0 Å². The van der Waals surface area contributed by atoms with Crippen molar-refractivity contribution in [2.75, 3.05) is 5.73 Å². The van der Waals surface area contributed by atoms with Gasteiger partial charge >= 0.3 is 0 Å². The van der Waals surface area contributed by atoms with Crippen LogP contribution in [0.4, 0.5) is 5.82 Å². The van der Waals surface area contributed by atoms with E-state index in [9.17, 15) is 0 Å². The smallest absolute Gasteiger partial charge is 0.138 e. The van der Waals surface area contributed by atoms with Crippen LogP contribution < -0.4 is 5.73 Å². The molecule has 0 spiro atoms. The number of pyridine rings is 1. The fourth-order valence-electron chi connectivity index (χ4n) is 1.11. The molecule has 0 aliphatic heterocycles. The molecule has 0 saturated heterocycles. The maximum Gasteiger partial charge on any atom is 0.138 e. The van der Waals surface area contributed by atoms with Crippen molar-refractivity contribution in [3.63, 3.8) is 0 Å². The van der Waals surface area contributed by atoms with Gasteiger partial charge in [-0.1, -0.05) is 18.2 Å². The lowest BCUT2D eigenvalue weighted by Gasteiger charge is -1.99. The number of aromatic nitrogens is 1. The van der Waals surface area contributed by atoms with Gasteiger partial charge in [-0.2, -0.15) is 0 Å². The van der Waals surface area contributed by atoms with E-state index in [2.05, 4.69) is 20.9 Å². The number of nitrogens with zero attached hydrogens (tertiary/aromatic N) is 1. The monoisotopic (exact) mass is 222 g/mol. The zero-order chi connectivity index (χ0) is 8.55. The molecule has 0 aliphatic carbocycles. The highest BCUT2D eigenvalue weighted by molar-refractivity contribution is 9.10. The van der Waals surface area contributed by atoms with Gasteiger partial charge in [0.05, 0.1) is 9.99 Å². The molecule has 0 saturated carbocycles. The predicted molar refractivity (Wildman–Crippen MR) is 53.9 cm³/mol. The van der Waals surface area contributed by atoms with Gasteiger partial charge in [-0.3, -0.25) is 0 Å². The third kappa shape index (κ3) is 1.16. The normalized spacial score (nSPS) is 10.4. The van der Waals surface area contributed by atoms with Crippen LogP contribution in [0.5, 0.6) is 0 Å². The molecule has 2 rings (SSSR count). The quantitative estimate of drug-likeness (QED) is 0.745. The number of hydrogen-bond donors (Lipinski definition) is 1. The fraction of sp³-hybridized carbons (Fsp3) is 0. The van der Waals surface area contributed by atoms with Crippen molar-refractivity contribution >= 4 is 32.7 Å². The van der Waals surface area contributed by atoms with Crippen molar-refractivity contribution in [2.45, 2.75) is 0 Å². The molecule has 0 amide bonds. The summed E-state index contributed by atoms with van der Waals surface area (Å²) in [5, 5.41) is 1.10. The minimum Gasteiger partial charge on any atom is -0.383 e. The van der Waals surface area contributed by atoms with Crippen LogP contribution in [0.3, 0.4) is 0 Å². The van der Waals surface area contributed by atoms with Crippen LogP contribution in [0, 0.1) is 0 Å². The topological polar surface area (TPSA) is 38.9 Å². The molecule has 0 fully saturated rings. The Hall–Kier alpha value is -1.09. The summed E-state index contributed by atoms with van der Waals surface area (Å²) in [6.07, 6.45) is 0. The Labute approximate surface area is 78.5 Å². The fourth-order valence-corrected chi connectivity index (χ4v) is 1.44. The van der Waals surface area contributed by atoms with E-state index >= 15 is 0 Å². The first kappa shape index (κ1) is 7.55. The average molecular weight is 223 g/mol. The van der Waals surface area contributed by atoms with Gasteiger partial charge < -0.3 is 5.73 Å².